The summed E-state index contributed by atoms with van der Waals surface area (Å²) in [4.78, 5) is 8.52. The summed E-state index contributed by atoms with van der Waals surface area (Å²) in [5.41, 5.74) is 1.95. The van der Waals surface area contributed by atoms with E-state index in [9.17, 15) is 0 Å². The lowest BCUT2D eigenvalue weighted by molar-refractivity contribution is 0.947. The van der Waals surface area contributed by atoms with Crippen molar-refractivity contribution in [1.82, 2.24) is 14.5 Å². The molecule has 2 heterocycles. The summed E-state index contributed by atoms with van der Waals surface area (Å²) in [6.07, 6.45) is 3.55. The number of aryl methyl sites for hydroxylation is 1. The summed E-state index contributed by atoms with van der Waals surface area (Å²) in [5.74, 6) is 6.55. The van der Waals surface area contributed by atoms with Crippen LogP contribution in [0.15, 0.2) is 18.6 Å². The van der Waals surface area contributed by atoms with Crippen molar-refractivity contribution in [1.29, 1.82) is 0 Å². The van der Waals surface area contributed by atoms with Gasteiger partial charge in [-0.15, -0.1) is 5.92 Å². The Labute approximate surface area is 88.3 Å². The van der Waals surface area contributed by atoms with E-state index in [1.165, 1.54) is 0 Å². The molecule has 0 unspecified atom stereocenters. The summed E-state index contributed by atoms with van der Waals surface area (Å²) >= 11 is 0. The number of nitrogens with one attached hydrogen (secondary N) is 1. The number of hydrogen-bond acceptors (Lipinski definition) is 3. The van der Waals surface area contributed by atoms with Gasteiger partial charge in [0.25, 0.3) is 0 Å². The van der Waals surface area contributed by atoms with Gasteiger partial charge < -0.3 is 9.88 Å². The van der Waals surface area contributed by atoms with Crippen LogP contribution < -0.4 is 5.32 Å². The van der Waals surface area contributed by atoms with Crippen molar-refractivity contribution in [2.45, 2.75) is 6.92 Å². The minimum absolute atomic E-state index is 0.596. The molecule has 0 radical (unpaired) electrons. The zero-order chi connectivity index (χ0) is 10.7. The highest BCUT2D eigenvalue weighted by Crippen LogP contribution is 2.17. The van der Waals surface area contributed by atoms with E-state index in [1.54, 1.807) is 12.5 Å². The minimum atomic E-state index is 0.596. The van der Waals surface area contributed by atoms with E-state index in [0.717, 1.165) is 16.9 Å². The first-order valence-corrected chi connectivity index (χ1v) is 4.72. The topological polar surface area (TPSA) is 42.7 Å². The average molecular weight is 200 g/mol. The molecule has 1 N–H and O–H groups in total. The number of imidazole rings is 1. The van der Waals surface area contributed by atoms with Gasteiger partial charge in [0.15, 0.2) is 5.82 Å². The fraction of sp³-hybridized carbons (Fsp3) is 0.273. The van der Waals surface area contributed by atoms with Gasteiger partial charge >= 0.3 is 0 Å². The Bertz CT molecular complexity index is 530. The lowest BCUT2D eigenvalue weighted by Crippen LogP contribution is -2.01. The summed E-state index contributed by atoms with van der Waals surface area (Å²) in [6, 6.07) is 1.94. The molecule has 0 saturated carbocycles. The summed E-state index contributed by atoms with van der Waals surface area (Å²) in [5, 5.41) is 3.14. The van der Waals surface area contributed by atoms with Crippen LogP contribution in [0, 0.1) is 11.8 Å². The van der Waals surface area contributed by atoms with Crippen LogP contribution in [0.25, 0.3) is 11.0 Å². The molecule has 2 rings (SSSR count). The summed E-state index contributed by atoms with van der Waals surface area (Å²) in [7, 11) is 1.96. The Morgan fingerprint density at radius 2 is 2.33 bits per heavy atom. The first-order chi connectivity index (χ1) is 7.33. The molecule has 0 spiro atoms. The van der Waals surface area contributed by atoms with E-state index in [2.05, 4.69) is 27.1 Å². The molecule has 0 aliphatic heterocycles. The lowest BCUT2D eigenvalue weighted by Gasteiger charge is -2.01. The second-order valence-corrected chi connectivity index (χ2v) is 3.16. The molecule has 0 amide bonds. The molecule has 15 heavy (non-hydrogen) atoms. The molecule has 4 heteroatoms. The zero-order valence-electron chi connectivity index (χ0n) is 8.78. The first-order valence-electron chi connectivity index (χ1n) is 4.72. The molecule has 0 bridgehead atoms. The van der Waals surface area contributed by atoms with Gasteiger partial charge in [-0.1, -0.05) is 5.92 Å². The second-order valence-electron chi connectivity index (χ2n) is 3.16. The Hall–Kier alpha value is -2.02. The van der Waals surface area contributed by atoms with E-state index in [1.807, 2.05) is 24.6 Å². The van der Waals surface area contributed by atoms with Gasteiger partial charge in [0.2, 0.25) is 0 Å². The van der Waals surface area contributed by atoms with Crippen LogP contribution in [0.4, 0.5) is 5.82 Å². The van der Waals surface area contributed by atoms with Gasteiger partial charge in [0.1, 0.15) is 5.52 Å². The maximum absolute atomic E-state index is 4.29. The molecule has 2 aromatic rings. The maximum Gasteiger partial charge on any atom is 0.154 e. The SMILES string of the molecule is CC#CCNc1nccc2c1ncn2C. The van der Waals surface area contributed by atoms with Crippen molar-refractivity contribution < 1.29 is 0 Å². The number of anilines is 1. The highest BCUT2D eigenvalue weighted by Gasteiger charge is 2.04. The van der Waals surface area contributed by atoms with Crippen molar-refractivity contribution in [3.63, 3.8) is 0 Å². The van der Waals surface area contributed by atoms with Gasteiger partial charge in [-0.3, -0.25) is 0 Å². The summed E-state index contributed by atoms with van der Waals surface area (Å²) < 4.78 is 1.97. The number of hydrogen-bond donors (Lipinski definition) is 1. The van der Waals surface area contributed by atoms with Crippen molar-refractivity contribution >= 4 is 16.9 Å². The van der Waals surface area contributed by atoms with Gasteiger partial charge in [0, 0.05) is 13.2 Å². The molecule has 76 valence electrons. The van der Waals surface area contributed by atoms with E-state index in [4.69, 9.17) is 0 Å². The predicted octanol–water partition coefficient (Wildman–Crippen LogP) is 1.40. The van der Waals surface area contributed by atoms with E-state index in [0.29, 0.717) is 6.54 Å². The number of pyridine rings is 1. The molecule has 0 saturated heterocycles. The van der Waals surface area contributed by atoms with Crippen LogP contribution in [0.2, 0.25) is 0 Å². The van der Waals surface area contributed by atoms with Crippen LogP contribution in [0.1, 0.15) is 6.92 Å². The van der Waals surface area contributed by atoms with E-state index >= 15 is 0 Å². The average Bonchev–Trinajstić information content (AvgIpc) is 2.62. The Morgan fingerprint density at radius 3 is 3.13 bits per heavy atom. The number of aromatic nitrogens is 3. The van der Waals surface area contributed by atoms with Gasteiger partial charge in [-0.2, -0.15) is 0 Å². The predicted molar refractivity (Wildman–Crippen MR) is 60.4 cm³/mol. The molecule has 0 fully saturated rings. The third-order valence-corrected chi connectivity index (χ3v) is 2.16. The maximum atomic E-state index is 4.29. The van der Waals surface area contributed by atoms with Gasteiger partial charge in [-0.25, -0.2) is 9.97 Å². The van der Waals surface area contributed by atoms with Crippen molar-refractivity contribution in [3.05, 3.63) is 18.6 Å². The molecule has 0 aliphatic carbocycles. The van der Waals surface area contributed by atoms with Crippen molar-refractivity contribution in [2.24, 2.45) is 7.05 Å². The monoisotopic (exact) mass is 200 g/mol. The largest absolute Gasteiger partial charge is 0.357 e. The fourth-order valence-electron chi connectivity index (χ4n) is 1.41. The Kier molecular flexibility index (Phi) is 2.55. The highest BCUT2D eigenvalue weighted by molar-refractivity contribution is 5.85. The third-order valence-electron chi connectivity index (χ3n) is 2.16. The Morgan fingerprint density at radius 1 is 1.47 bits per heavy atom. The van der Waals surface area contributed by atoms with Crippen LogP contribution in [0.5, 0.6) is 0 Å². The van der Waals surface area contributed by atoms with Gasteiger partial charge in [0.05, 0.1) is 18.4 Å². The molecular weight excluding hydrogens is 188 g/mol. The molecule has 0 aromatic carbocycles. The first kappa shape index (κ1) is 9.53. The van der Waals surface area contributed by atoms with Crippen LogP contribution in [0.3, 0.4) is 0 Å². The lowest BCUT2D eigenvalue weighted by atomic mass is 10.4. The molecular formula is C11H12N4. The van der Waals surface area contributed by atoms with Gasteiger partial charge in [-0.05, 0) is 13.0 Å². The number of rotatable bonds is 2. The smallest absolute Gasteiger partial charge is 0.154 e. The van der Waals surface area contributed by atoms with Crippen molar-refractivity contribution in [2.75, 3.05) is 11.9 Å². The van der Waals surface area contributed by atoms with Crippen LogP contribution in [-0.4, -0.2) is 21.1 Å². The highest BCUT2D eigenvalue weighted by atomic mass is 15.1. The molecule has 0 aliphatic rings. The zero-order valence-corrected chi connectivity index (χ0v) is 8.78. The van der Waals surface area contributed by atoms with Crippen LogP contribution in [-0.2, 0) is 7.05 Å². The standard InChI is InChI=1S/C11H12N4/c1-3-4-6-12-11-10-9(5-7-13-11)15(2)8-14-10/h5,7-8H,6H2,1-2H3,(H,12,13). The fourth-order valence-corrected chi connectivity index (χ4v) is 1.41. The molecule has 0 atom stereocenters. The molecule has 2 aromatic heterocycles. The number of fused-ring (bicyclic) bond motifs is 1. The van der Waals surface area contributed by atoms with Crippen LogP contribution >= 0.6 is 0 Å². The normalized spacial score (nSPS) is 9.73. The Balaban J connectivity index is 2.37. The van der Waals surface area contributed by atoms with E-state index < -0.39 is 0 Å². The van der Waals surface area contributed by atoms with E-state index in [-0.39, 0.29) is 0 Å². The summed E-state index contributed by atoms with van der Waals surface area (Å²) in [6.45, 7) is 2.41. The molecule has 4 nitrogen and oxygen atoms in total. The van der Waals surface area contributed by atoms with Crippen molar-refractivity contribution in [3.8, 4) is 11.8 Å². The third kappa shape index (κ3) is 1.77. The second kappa shape index (κ2) is 4.01. The minimum Gasteiger partial charge on any atom is -0.357 e. The quantitative estimate of drug-likeness (QED) is 0.745. The number of nitrogens with zero attached hydrogens (tertiary/aromatic N) is 3.